The highest BCUT2D eigenvalue weighted by Crippen LogP contribution is 2.19. The Hall–Kier alpha value is -2.77. The van der Waals surface area contributed by atoms with Crippen LogP contribution in [0.3, 0.4) is 0 Å². The number of hydrogen-bond acceptors (Lipinski definition) is 6. The lowest BCUT2D eigenvalue weighted by Crippen LogP contribution is -2.45. The second kappa shape index (κ2) is 7.63. The summed E-state index contributed by atoms with van der Waals surface area (Å²) >= 11 is 0. The summed E-state index contributed by atoms with van der Waals surface area (Å²) in [6.45, 7) is 7.18. The molecule has 1 heterocycles. The number of carbonyl (C=O) groups excluding carboxylic acids is 2. The van der Waals surface area contributed by atoms with Crippen molar-refractivity contribution in [3.05, 3.63) is 24.0 Å². The number of anilines is 1. The minimum Gasteiger partial charge on any atom is -0.464 e. The molecule has 0 saturated heterocycles. The van der Waals surface area contributed by atoms with E-state index in [9.17, 15) is 9.59 Å². The second-order valence-electron chi connectivity index (χ2n) is 6.99. The highest BCUT2D eigenvalue weighted by atomic mass is 16.6. The van der Waals surface area contributed by atoms with Crippen LogP contribution < -0.4 is 11.1 Å². The number of aromatic nitrogens is 2. The van der Waals surface area contributed by atoms with E-state index in [0.717, 1.165) is 11.0 Å². The van der Waals surface area contributed by atoms with Gasteiger partial charge in [0.2, 0.25) is 0 Å². The summed E-state index contributed by atoms with van der Waals surface area (Å²) in [7, 11) is 1.84. The molecule has 0 aliphatic carbocycles. The first-order valence-electron chi connectivity index (χ1n) is 8.47. The maximum Gasteiger partial charge on any atom is 0.408 e. The minimum absolute atomic E-state index is 0.170. The van der Waals surface area contributed by atoms with Crippen molar-refractivity contribution in [3.8, 4) is 0 Å². The highest BCUT2D eigenvalue weighted by molar-refractivity contribution is 5.82. The Morgan fingerprint density at radius 3 is 2.65 bits per heavy atom. The maximum absolute atomic E-state index is 12.3. The summed E-state index contributed by atoms with van der Waals surface area (Å²) in [5.74, 6) is 0.0876. The molecule has 0 aliphatic rings. The van der Waals surface area contributed by atoms with E-state index in [1.165, 1.54) is 0 Å². The van der Waals surface area contributed by atoms with Crippen molar-refractivity contribution in [2.75, 3.05) is 12.3 Å². The summed E-state index contributed by atoms with van der Waals surface area (Å²) in [4.78, 5) is 28.9. The van der Waals surface area contributed by atoms with Gasteiger partial charge in [-0.3, -0.25) is 0 Å². The smallest absolute Gasteiger partial charge is 0.408 e. The highest BCUT2D eigenvalue weighted by Gasteiger charge is 2.27. The predicted molar refractivity (Wildman–Crippen MR) is 98.6 cm³/mol. The van der Waals surface area contributed by atoms with E-state index in [2.05, 4.69) is 10.3 Å². The molecule has 0 radical (unpaired) electrons. The van der Waals surface area contributed by atoms with Crippen LogP contribution in [-0.4, -0.2) is 39.9 Å². The number of nitrogen functional groups attached to an aromatic ring is 1. The normalized spacial score (nSPS) is 12.7. The van der Waals surface area contributed by atoms with E-state index < -0.39 is 23.7 Å². The van der Waals surface area contributed by atoms with Crippen molar-refractivity contribution < 1.29 is 19.1 Å². The van der Waals surface area contributed by atoms with Gasteiger partial charge < -0.3 is 25.1 Å². The minimum atomic E-state index is -0.905. The molecule has 8 nitrogen and oxygen atoms in total. The summed E-state index contributed by atoms with van der Waals surface area (Å²) in [5.41, 5.74) is 7.35. The van der Waals surface area contributed by atoms with Gasteiger partial charge >= 0.3 is 12.1 Å². The molecule has 26 heavy (non-hydrogen) atoms. The molecule has 1 atom stereocenters. The van der Waals surface area contributed by atoms with Crippen LogP contribution in [0.4, 0.5) is 10.5 Å². The van der Waals surface area contributed by atoms with E-state index in [1.54, 1.807) is 39.8 Å². The molecule has 1 amide bonds. The number of nitrogens with one attached hydrogen (secondary N) is 1. The van der Waals surface area contributed by atoms with E-state index in [0.29, 0.717) is 11.5 Å². The quantitative estimate of drug-likeness (QED) is 0.623. The van der Waals surface area contributed by atoms with Gasteiger partial charge in [0.15, 0.2) is 0 Å². The number of amides is 1. The molecule has 0 unspecified atom stereocenters. The van der Waals surface area contributed by atoms with Crippen molar-refractivity contribution in [3.63, 3.8) is 0 Å². The average molecular weight is 362 g/mol. The van der Waals surface area contributed by atoms with Gasteiger partial charge in [0.05, 0.1) is 17.6 Å². The lowest BCUT2D eigenvalue weighted by Gasteiger charge is -2.22. The number of carbonyl (C=O) groups is 2. The second-order valence-corrected chi connectivity index (χ2v) is 6.99. The van der Waals surface area contributed by atoms with Gasteiger partial charge in [0, 0.05) is 19.2 Å². The molecule has 1 aromatic heterocycles. The first-order chi connectivity index (χ1) is 12.1. The third-order valence-electron chi connectivity index (χ3n) is 3.65. The van der Waals surface area contributed by atoms with Crippen LogP contribution in [0.1, 0.15) is 33.5 Å². The number of nitrogens with two attached hydrogens (primary N) is 1. The first kappa shape index (κ1) is 19.6. The van der Waals surface area contributed by atoms with E-state index in [1.807, 2.05) is 17.7 Å². The lowest BCUT2D eigenvalue weighted by atomic mass is 10.2. The lowest BCUT2D eigenvalue weighted by molar-refractivity contribution is -0.145. The molecular weight excluding hydrogens is 336 g/mol. The van der Waals surface area contributed by atoms with E-state index in [-0.39, 0.29) is 13.0 Å². The van der Waals surface area contributed by atoms with Crippen molar-refractivity contribution in [2.45, 2.75) is 45.8 Å². The molecule has 0 bridgehead atoms. The molecule has 2 rings (SSSR count). The van der Waals surface area contributed by atoms with Gasteiger partial charge in [-0.05, 0) is 45.9 Å². The van der Waals surface area contributed by atoms with Crippen LogP contribution >= 0.6 is 0 Å². The van der Waals surface area contributed by atoms with Crippen LogP contribution in [0.5, 0.6) is 0 Å². The third kappa shape index (κ3) is 4.87. The summed E-state index contributed by atoms with van der Waals surface area (Å²) in [6, 6.07) is 4.51. The molecule has 0 spiro atoms. The standard InChI is InChI=1S/C18H26N4O4/c1-6-25-16(23)13(21-17(24)26-18(2,3)4)10-15-20-12-9-11(19)7-8-14(12)22(15)5/h7-9,13H,6,10,19H2,1-5H3,(H,21,24)/t13-/m0/s1. The van der Waals surface area contributed by atoms with E-state index >= 15 is 0 Å². The van der Waals surface area contributed by atoms with Crippen molar-refractivity contribution in [2.24, 2.45) is 7.05 Å². The van der Waals surface area contributed by atoms with Gasteiger partial charge in [0.25, 0.3) is 0 Å². The van der Waals surface area contributed by atoms with Gasteiger partial charge in [-0.1, -0.05) is 0 Å². The summed E-state index contributed by atoms with van der Waals surface area (Å²) in [5, 5.41) is 2.58. The Balaban J connectivity index is 2.25. The number of hydrogen-bond donors (Lipinski definition) is 2. The fourth-order valence-corrected chi connectivity index (χ4v) is 2.52. The van der Waals surface area contributed by atoms with E-state index in [4.69, 9.17) is 15.2 Å². The SMILES string of the molecule is CCOC(=O)[C@H](Cc1nc2cc(N)ccc2n1C)NC(=O)OC(C)(C)C. The third-order valence-corrected chi connectivity index (χ3v) is 3.65. The zero-order valence-electron chi connectivity index (χ0n) is 15.8. The van der Waals surface area contributed by atoms with Gasteiger partial charge in [-0.2, -0.15) is 0 Å². The van der Waals surface area contributed by atoms with Gasteiger partial charge in [-0.25, -0.2) is 14.6 Å². The maximum atomic E-state index is 12.3. The van der Waals surface area contributed by atoms with Gasteiger partial charge in [0.1, 0.15) is 17.5 Å². The Labute approximate surface area is 152 Å². The molecule has 0 aliphatic heterocycles. The van der Waals surface area contributed by atoms with Crippen LogP contribution in [0.25, 0.3) is 11.0 Å². The molecular formula is C18H26N4O4. The number of aryl methyl sites for hydroxylation is 1. The molecule has 0 fully saturated rings. The summed E-state index contributed by atoms with van der Waals surface area (Å²) < 4.78 is 12.2. The van der Waals surface area contributed by atoms with Crippen molar-refractivity contribution in [1.29, 1.82) is 0 Å². The summed E-state index contributed by atoms with van der Waals surface area (Å²) in [6.07, 6.45) is -0.512. The topological polar surface area (TPSA) is 108 Å². The Kier molecular flexibility index (Phi) is 5.74. The monoisotopic (exact) mass is 362 g/mol. The van der Waals surface area contributed by atoms with Crippen LogP contribution in [-0.2, 0) is 27.7 Å². The first-order valence-corrected chi connectivity index (χ1v) is 8.47. The molecule has 0 saturated carbocycles. The Morgan fingerprint density at radius 1 is 1.35 bits per heavy atom. The molecule has 1 aromatic carbocycles. The van der Waals surface area contributed by atoms with Crippen molar-refractivity contribution in [1.82, 2.24) is 14.9 Å². The Morgan fingerprint density at radius 2 is 2.04 bits per heavy atom. The van der Waals surface area contributed by atoms with Crippen LogP contribution in [0.15, 0.2) is 18.2 Å². The molecule has 8 heteroatoms. The molecule has 142 valence electrons. The predicted octanol–water partition coefficient (Wildman–Crippen LogP) is 2.15. The zero-order valence-corrected chi connectivity index (χ0v) is 15.8. The number of fused-ring (bicyclic) bond motifs is 1. The number of esters is 1. The van der Waals surface area contributed by atoms with Crippen LogP contribution in [0.2, 0.25) is 0 Å². The number of nitrogens with zero attached hydrogens (tertiary/aromatic N) is 2. The zero-order chi connectivity index (χ0) is 19.5. The Bertz CT molecular complexity index is 807. The largest absolute Gasteiger partial charge is 0.464 e. The number of imidazole rings is 1. The number of ether oxygens (including phenoxy) is 2. The fourth-order valence-electron chi connectivity index (χ4n) is 2.52. The average Bonchev–Trinajstić information content (AvgIpc) is 2.80. The van der Waals surface area contributed by atoms with Crippen LogP contribution in [0, 0.1) is 0 Å². The molecule has 2 aromatic rings. The number of rotatable bonds is 5. The fraction of sp³-hybridized carbons (Fsp3) is 0.500. The van der Waals surface area contributed by atoms with Crippen molar-refractivity contribution >= 4 is 28.8 Å². The number of benzene rings is 1. The molecule has 3 N–H and O–H groups in total. The number of alkyl carbamates (subject to hydrolysis) is 1. The van der Waals surface area contributed by atoms with Gasteiger partial charge in [-0.15, -0.1) is 0 Å².